The van der Waals surface area contributed by atoms with Gasteiger partial charge in [0.2, 0.25) is 0 Å². The van der Waals surface area contributed by atoms with Crippen LogP contribution < -0.4 is 19.7 Å². The maximum Gasteiger partial charge on any atom is 0.317 e. The summed E-state index contributed by atoms with van der Waals surface area (Å²) < 4.78 is 10.8. The molecule has 1 aliphatic rings. The smallest absolute Gasteiger partial charge is 0.317 e. The van der Waals surface area contributed by atoms with Crippen molar-refractivity contribution in [3.05, 3.63) is 18.2 Å². The lowest BCUT2D eigenvalue weighted by Gasteiger charge is -2.39. The molecule has 0 spiro atoms. The average molecular weight is 378 g/mol. The topological polar surface area (TPSA) is 54.0 Å². The third kappa shape index (κ3) is 5.94. The Morgan fingerprint density at radius 1 is 1.04 bits per heavy atom. The van der Waals surface area contributed by atoms with E-state index in [0.717, 1.165) is 36.7 Å². The molecular weight excluding hydrogens is 342 g/mol. The van der Waals surface area contributed by atoms with Gasteiger partial charge in [-0.05, 0) is 37.8 Å². The summed E-state index contributed by atoms with van der Waals surface area (Å²) in [7, 11) is 3.31. The summed E-state index contributed by atoms with van der Waals surface area (Å²) in [5.74, 6) is 1.56. The van der Waals surface area contributed by atoms with Crippen molar-refractivity contribution in [2.75, 3.05) is 45.3 Å². The van der Waals surface area contributed by atoms with E-state index < -0.39 is 0 Å². The first kappa shape index (κ1) is 21.2. The van der Waals surface area contributed by atoms with E-state index in [2.05, 4.69) is 44.8 Å². The number of anilines is 1. The Balaban J connectivity index is 1.96. The number of piperazine rings is 1. The number of nitrogens with one attached hydrogen (secondary N) is 1. The number of rotatable bonds is 5. The molecule has 6 nitrogen and oxygen atoms in total. The number of carbonyl (C=O) groups is 1. The van der Waals surface area contributed by atoms with Crippen molar-refractivity contribution in [3.8, 4) is 11.5 Å². The predicted molar refractivity (Wildman–Crippen MR) is 110 cm³/mol. The van der Waals surface area contributed by atoms with Gasteiger partial charge in [0.25, 0.3) is 0 Å². The molecule has 1 fully saturated rings. The lowest BCUT2D eigenvalue weighted by Crippen LogP contribution is -2.56. The normalized spacial score (nSPS) is 15.5. The van der Waals surface area contributed by atoms with E-state index in [1.165, 1.54) is 0 Å². The van der Waals surface area contributed by atoms with Crippen LogP contribution in [0.1, 0.15) is 41.0 Å². The van der Waals surface area contributed by atoms with Crippen LogP contribution >= 0.6 is 0 Å². The van der Waals surface area contributed by atoms with Crippen molar-refractivity contribution in [1.82, 2.24) is 10.2 Å². The molecule has 27 heavy (non-hydrogen) atoms. The number of carbonyl (C=O) groups excluding carboxylic acids is 1. The number of hydrogen-bond donors (Lipinski definition) is 1. The lowest BCUT2D eigenvalue weighted by atomic mass is 9.82. The van der Waals surface area contributed by atoms with Gasteiger partial charge in [-0.15, -0.1) is 0 Å². The fourth-order valence-electron chi connectivity index (χ4n) is 3.94. The van der Waals surface area contributed by atoms with Gasteiger partial charge in [0.15, 0.2) is 0 Å². The zero-order valence-electron chi connectivity index (χ0n) is 17.9. The molecule has 2 rings (SSSR count). The summed E-state index contributed by atoms with van der Waals surface area (Å²) in [5.41, 5.74) is 0.970. The summed E-state index contributed by atoms with van der Waals surface area (Å²) >= 11 is 0. The Labute approximate surface area is 163 Å². The second kappa shape index (κ2) is 8.28. The molecule has 1 aromatic rings. The molecule has 152 valence electrons. The SMILES string of the molecule is COc1ccc(N2CCN(C(=O)NC(C)(C)CC(C)(C)C)CC2)c(OC)c1. The molecule has 0 unspecified atom stereocenters. The maximum absolute atomic E-state index is 12.7. The van der Waals surface area contributed by atoms with E-state index in [1.54, 1.807) is 14.2 Å². The minimum atomic E-state index is -0.230. The Hall–Kier alpha value is -2.11. The highest BCUT2D eigenvalue weighted by Crippen LogP contribution is 2.33. The molecule has 6 heteroatoms. The highest BCUT2D eigenvalue weighted by atomic mass is 16.5. The van der Waals surface area contributed by atoms with Gasteiger partial charge in [-0.25, -0.2) is 4.79 Å². The molecule has 1 heterocycles. The van der Waals surface area contributed by atoms with Crippen molar-refractivity contribution in [3.63, 3.8) is 0 Å². The predicted octanol–water partition coefficient (Wildman–Crippen LogP) is 3.75. The molecule has 1 saturated heterocycles. The van der Waals surface area contributed by atoms with Gasteiger partial charge in [-0.3, -0.25) is 0 Å². The highest BCUT2D eigenvalue weighted by Gasteiger charge is 2.30. The van der Waals surface area contributed by atoms with Gasteiger partial charge in [0.05, 0.1) is 19.9 Å². The first-order valence-electron chi connectivity index (χ1n) is 9.59. The molecule has 0 atom stereocenters. The van der Waals surface area contributed by atoms with E-state index in [9.17, 15) is 4.79 Å². The van der Waals surface area contributed by atoms with E-state index in [0.29, 0.717) is 13.1 Å². The third-order valence-corrected chi connectivity index (χ3v) is 4.71. The zero-order valence-corrected chi connectivity index (χ0v) is 17.9. The second-order valence-corrected chi connectivity index (χ2v) is 9.06. The van der Waals surface area contributed by atoms with Gasteiger partial charge >= 0.3 is 6.03 Å². The van der Waals surface area contributed by atoms with Crippen molar-refractivity contribution in [2.24, 2.45) is 5.41 Å². The molecule has 1 N–H and O–H groups in total. The van der Waals surface area contributed by atoms with Gasteiger partial charge < -0.3 is 24.6 Å². The van der Waals surface area contributed by atoms with Crippen LogP contribution in [0.3, 0.4) is 0 Å². The summed E-state index contributed by atoms with van der Waals surface area (Å²) in [6.45, 7) is 13.7. The first-order valence-corrected chi connectivity index (χ1v) is 9.59. The van der Waals surface area contributed by atoms with Crippen molar-refractivity contribution >= 4 is 11.7 Å². The first-order chi connectivity index (χ1) is 12.5. The van der Waals surface area contributed by atoms with Crippen molar-refractivity contribution in [2.45, 2.75) is 46.6 Å². The Bertz CT molecular complexity index is 645. The van der Waals surface area contributed by atoms with Crippen LogP contribution in [0.25, 0.3) is 0 Å². The van der Waals surface area contributed by atoms with Crippen LogP contribution in [-0.4, -0.2) is 56.9 Å². The number of methoxy groups -OCH3 is 2. The van der Waals surface area contributed by atoms with Crippen molar-refractivity contribution in [1.29, 1.82) is 0 Å². The number of amides is 2. The number of nitrogens with zero attached hydrogens (tertiary/aromatic N) is 2. The maximum atomic E-state index is 12.7. The summed E-state index contributed by atoms with van der Waals surface area (Å²) in [5, 5.41) is 3.20. The van der Waals surface area contributed by atoms with Crippen LogP contribution in [0.4, 0.5) is 10.5 Å². The second-order valence-electron chi connectivity index (χ2n) is 9.06. The summed E-state index contributed by atoms with van der Waals surface area (Å²) in [4.78, 5) is 16.9. The molecule has 0 radical (unpaired) electrons. The van der Waals surface area contributed by atoms with Crippen LogP contribution in [-0.2, 0) is 0 Å². The highest BCUT2D eigenvalue weighted by molar-refractivity contribution is 5.75. The molecule has 1 aromatic carbocycles. The van der Waals surface area contributed by atoms with Crippen molar-refractivity contribution < 1.29 is 14.3 Å². The number of benzene rings is 1. The third-order valence-electron chi connectivity index (χ3n) is 4.71. The van der Waals surface area contributed by atoms with E-state index in [-0.39, 0.29) is 17.0 Å². The quantitative estimate of drug-likeness (QED) is 0.849. The lowest BCUT2D eigenvalue weighted by molar-refractivity contribution is 0.172. The van der Waals surface area contributed by atoms with Crippen LogP contribution in [0.2, 0.25) is 0 Å². The van der Waals surface area contributed by atoms with Gasteiger partial charge in [-0.1, -0.05) is 20.8 Å². The van der Waals surface area contributed by atoms with Gasteiger partial charge in [-0.2, -0.15) is 0 Å². The Morgan fingerprint density at radius 3 is 2.19 bits per heavy atom. The molecule has 0 aliphatic carbocycles. The monoisotopic (exact) mass is 377 g/mol. The standard InChI is InChI=1S/C21H35N3O3/c1-20(2,3)15-21(4,5)22-19(25)24-12-10-23(11-13-24)17-9-8-16(26-6)14-18(17)27-7/h8-9,14H,10-13,15H2,1-7H3,(H,22,25). The van der Waals surface area contributed by atoms with Gasteiger partial charge in [0.1, 0.15) is 11.5 Å². The fourth-order valence-corrected chi connectivity index (χ4v) is 3.94. The molecule has 2 amide bonds. The fraction of sp³-hybridized carbons (Fsp3) is 0.667. The molecule has 0 saturated carbocycles. The molecule has 0 bridgehead atoms. The molecular formula is C21H35N3O3. The Morgan fingerprint density at radius 2 is 1.67 bits per heavy atom. The number of hydrogen-bond acceptors (Lipinski definition) is 4. The molecule has 0 aromatic heterocycles. The number of ether oxygens (including phenoxy) is 2. The number of urea groups is 1. The van der Waals surface area contributed by atoms with Crippen LogP contribution in [0, 0.1) is 5.41 Å². The largest absolute Gasteiger partial charge is 0.497 e. The van der Waals surface area contributed by atoms with E-state index in [4.69, 9.17) is 9.47 Å². The Kier molecular flexibility index (Phi) is 6.50. The summed E-state index contributed by atoms with van der Waals surface area (Å²) in [6, 6.07) is 5.86. The average Bonchev–Trinajstić information content (AvgIpc) is 2.58. The minimum absolute atomic E-state index is 0.0191. The zero-order chi connectivity index (χ0) is 20.2. The van der Waals surface area contributed by atoms with Crippen LogP contribution in [0.15, 0.2) is 18.2 Å². The van der Waals surface area contributed by atoms with E-state index >= 15 is 0 Å². The van der Waals surface area contributed by atoms with E-state index in [1.807, 2.05) is 23.1 Å². The minimum Gasteiger partial charge on any atom is -0.497 e. The van der Waals surface area contributed by atoms with Crippen LogP contribution in [0.5, 0.6) is 11.5 Å². The van der Waals surface area contributed by atoms with Gasteiger partial charge in [0, 0.05) is 37.8 Å². The molecule has 1 aliphatic heterocycles. The summed E-state index contributed by atoms with van der Waals surface area (Å²) in [6.07, 6.45) is 0.925.